The normalized spacial score (nSPS) is 20.6. The average molecular weight is 199 g/mol. The molecule has 1 aliphatic heterocycles. The van der Waals surface area contributed by atoms with Gasteiger partial charge in [-0.3, -0.25) is 9.59 Å². The fourth-order valence-electron chi connectivity index (χ4n) is 1.77. The molecule has 0 aromatic rings. The van der Waals surface area contributed by atoms with Crippen LogP contribution in [0.3, 0.4) is 0 Å². The Hall–Kier alpha value is -0.900. The van der Waals surface area contributed by atoms with Crippen LogP contribution in [0, 0.1) is 5.92 Å². The van der Waals surface area contributed by atoms with E-state index >= 15 is 0 Å². The van der Waals surface area contributed by atoms with Crippen LogP contribution < -0.4 is 0 Å². The van der Waals surface area contributed by atoms with Crippen molar-refractivity contribution in [1.82, 2.24) is 4.90 Å². The maximum atomic E-state index is 11.4. The number of aliphatic hydroxyl groups excluding tert-OH is 1. The number of aliphatic hydroxyl groups is 1. The van der Waals surface area contributed by atoms with E-state index in [1.807, 2.05) is 0 Å². The number of likely N-dealkylation sites (tertiary alicyclic amines) is 1. The number of carbonyl (C=O) groups is 2. The summed E-state index contributed by atoms with van der Waals surface area (Å²) in [6.45, 7) is 4.25. The van der Waals surface area contributed by atoms with Gasteiger partial charge in [0.2, 0.25) is 0 Å². The third-order valence-corrected chi connectivity index (χ3v) is 2.74. The van der Waals surface area contributed by atoms with Crippen molar-refractivity contribution >= 4 is 11.7 Å². The molecule has 1 fully saturated rings. The fraction of sp³-hybridized carbons (Fsp3) is 0.800. The van der Waals surface area contributed by atoms with Gasteiger partial charge in [-0.05, 0) is 26.7 Å². The Balaban J connectivity index is 2.43. The molecule has 0 aromatic carbocycles. The summed E-state index contributed by atoms with van der Waals surface area (Å²) in [5, 5.41) is 9.09. The highest BCUT2D eigenvalue weighted by Gasteiger charge is 2.26. The number of piperidine rings is 1. The maximum absolute atomic E-state index is 11.4. The molecule has 1 atom stereocenters. The Kier molecular flexibility index (Phi) is 3.63. The first-order valence-corrected chi connectivity index (χ1v) is 4.99. The first-order valence-electron chi connectivity index (χ1n) is 4.99. The summed E-state index contributed by atoms with van der Waals surface area (Å²) in [6, 6.07) is 0. The highest BCUT2D eigenvalue weighted by atomic mass is 16.3. The summed E-state index contributed by atoms with van der Waals surface area (Å²) in [4.78, 5) is 24.1. The zero-order chi connectivity index (χ0) is 10.7. The van der Waals surface area contributed by atoms with Crippen molar-refractivity contribution in [3.63, 3.8) is 0 Å². The van der Waals surface area contributed by atoms with E-state index in [1.54, 1.807) is 11.8 Å². The minimum Gasteiger partial charge on any atom is -0.384 e. The lowest BCUT2D eigenvalue weighted by Crippen LogP contribution is -2.43. The smallest absolute Gasteiger partial charge is 0.251 e. The molecule has 0 aromatic heterocycles. The molecule has 1 aliphatic rings. The van der Waals surface area contributed by atoms with E-state index in [-0.39, 0.29) is 17.6 Å². The second-order valence-corrected chi connectivity index (χ2v) is 3.89. The zero-order valence-electron chi connectivity index (χ0n) is 8.69. The molecular weight excluding hydrogens is 182 g/mol. The molecule has 1 N–H and O–H groups in total. The molecule has 14 heavy (non-hydrogen) atoms. The predicted molar refractivity (Wildman–Crippen MR) is 51.7 cm³/mol. The van der Waals surface area contributed by atoms with Gasteiger partial charge in [0.25, 0.3) is 5.91 Å². The van der Waals surface area contributed by atoms with Crippen molar-refractivity contribution in [1.29, 1.82) is 0 Å². The predicted octanol–water partition coefficient (Wildman–Crippen LogP) is 0.195. The summed E-state index contributed by atoms with van der Waals surface area (Å²) in [7, 11) is 0. The molecule has 0 unspecified atom stereocenters. The molecule has 1 heterocycles. The first kappa shape index (κ1) is 11.2. The number of Topliss-reactive ketones (excluding diaryl/α,β-unsaturated/α-hetero) is 1. The molecule has 0 saturated carbocycles. The number of hydrogen-bond donors (Lipinski definition) is 1. The van der Waals surface area contributed by atoms with Crippen LogP contribution in [-0.2, 0) is 9.59 Å². The second-order valence-electron chi connectivity index (χ2n) is 3.89. The van der Waals surface area contributed by atoms with Gasteiger partial charge in [0, 0.05) is 19.0 Å². The summed E-state index contributed by atoms with van der Waals surface area (Å²) in [5.41, 5.74) is 0. The van der Waals surface area contributed by atoms with Gasteiger partial charge in [0.1, 0.15) is 11.9 Å². The number of rotatable bonds is 2. The Morgan fingerprint density at radius 1 is 1.36 bits per heavy atom. The molecule has 0 bridgehead atoms. The van der Waals surface area contributed by atoms with Crippen LogP contribution in [0.4, 0.5) is 0 Å². The van der Waals surface area contributed by atoms with Gasteiger partial charge in [-0.1, -0.05) is 0 Å². The van der Waals surface area contributed by atoms with Crippen LogP contribution in [0.1, 0.15) is 26.7 Å². The highest BCUT2D eigenvalue weighted by molar-refractivity contribution is 5.81. The van der Waals surface area contributed by atoms with E-state index in [9.17, 15) is 9.59 Å². The van der Waals surface area contributed by atoms with Crippen LogP contribution in [0.15, 0.2) is 0 Å². The Bertz CT molecular complexity index is 230. The molecule has 1 rings (SSSR count). The largest absolute Gasteiger partial charge is 0.384 e. The van der Waals surface area contributed by atoms with Gasteiger partial charge in [-0.2, -0.15) is 0 Å². The lowest BCUT2D eigenvalue weighted by atomic mass is 9.93. The summed E-state index contributed by atoms with van der Waals surface area (Å²) in [6.07, 6.45) is 0.533. The summed E-state index contributed by atoms with van der Waals surface area (Å²) in [5.74, 6) is 0.0780. The van der Waals surface area contributed by atoms with Gasteiger partial charge < -0.3 is 10.0 Å². The van der Waals surface area contributed by atoms with Crippen molar-refractivity contribution in [3.05, 3.63) is 0 Å². The van der Waals surface area contributed by atoms with Crippen molar-refractivity contribution in [3.8, 4) is 0 Å². The van der Waals surface area contributed by atoms with Crippen molar-refractivity contribution in [2.75, 3.05) is 13.1 Å². The van der Waals surface area contributed by atoms with Crippen LogP contribution in [0.25, 0.3) is 0 Å². The van der Waals surface area contributed by atoms with Gasteiger partial charge in [0.05, 0.1) is 0 Å². The topological polar surface area (TPSA) is 57.6 Å². The van der Waals surface area contributed by atoms with Gasteiger partial charge in [-0.15, -0.1) is 0 Å². The van der Waals surface area contributed by atoms with Crippen LogP contribution in [0.5, 0.6) is 0 Å². The number of amides is 1. The van der Waals surface area contributed by atoms with Crippen LogP contribution in [-0.4, -0.2) is 40.9 Å². The van der Waals surface area contributed by atoms with Crippen molar-refractivity contribution in [2.45, 2.75) is 32.8 Å². The van der Waals surface area contributed by atoms with Crippen LogP contribution in [0.2, 0.25) is 0 Å². The van der Waals surface area contributed by atoms with Crippen molar-refractivity contribution < 1.29 is 14.7 Å². The lowest BCUT2D eigenvalue weighted by molar-refractivity contribution is -0.141. The fourth-order valence-corrected chi connectivity index (χ4v) is 1.77. The molecular formula is C10H17NO3. The van der Waals surface area contributed by atoms with E-state index in [4.69, 9.17) is 5.11 Å². The second kappa shape index (κ2) is 4.55. The number of carbonyl (C=O) groups excluding carboxylic acids is 2. The molecule has 4 heteroatoms. The van der Waals surface area contributed by atoms with Crippen molar-refractivity contribution in [2.24, 2.45) is 5.92 Å². The monoisotopic (exact) mass is 199 g/mol. The molecule has 1 saturated heterocycles. The Morgan fingerprint density at radius 2 is 1.86 bits per heavy atom. The molecule has 0 aliphatic carbocycles. The Labute approximate surface area is 83.9 Å². The lowest BCUT2D eigenvalue weighted by Gasteiger charge is -2.31. The minimum atomic E-state index is -0.927. The standard InChI is InChI=1S/C10H17NO3/c1-7(12)9-3-5-11(6-4-9)10(14)8(2)13/h8-9,13H,3-6H2,1-2H3/t8-/m1/s1. The number of hydrogen-bond acceptors (Lipinski definition) is 3. The molecule has 80 valence electrons. The molecule has 0 spiro atoms. The zero-order valence-corrected chi connectivity index (χ0v) is 8.69. The van der Waals surface area contributed by atoms with Gasteiger partial charge >= 0.3 is 0 Å². The number of ketones is 1. The van der Waals surface area contributed by atoms with Gasteiger partial charge in [0.15, 0.2) is 0 Å². The summed E-state index contributed by atoms with van der Waals surface area (Å²) < 4.78 is 0. The highest BCUT2D eigenvalue weighted by Crippen LogP contribution is 2.18. The minimum absolute atomic E-state index is 0.105. The Morgan fingerprint density at radius 3 is 2.21 bits per heavy atom. The molecule has 1 amide bonds. The third kappa shape index (κ3) is 2.54. The van der Waals surface area contributed by atoms with E-state index in [1.165, 1.54) is 6.92 Å². The van der Waals surface area contributed by atoms with E-state index in [0.29, 0.717) is 13.1 Å². The third-order valence-electron chi connectivity index (χ3n) is 2.74. The van der Waals surface area contributed by atoms with E-state index < -0.39 is 6.10 Å². The van der Waals surface area contributed by atoms with Gasteiger partial charge in [-0.25, -0.2) is 0 Å². The molecule has 4 nitrogen and oxygen atoms in total. The molecule has 0 radical (unpaired) electrons. The van der Waals surface area contributed by atoms with E-state index in [0.717, 1.165) is 12.8 Å². The van der Waals surface area contributed by atoms with Crippen LogP contribution >= 0.6 is 0 Å². The number of nitrogens with zero attached hydrogens (tertiary/aromatic N) is 1. The average Bonchev–Trinajstić information content (AvgIpc) is 2.16. The maximum Gasteiger partial charge on any atom is 0.251 e. The quantitative estimate of drug-likeness (QED) is 0.691. The first-order chi connectivity index (χ1) is 6.52. The van der Waals surface area contributed by atoms with E-state index in [2.05, 4.69) is 0 Å². The summed E-state index contributed by atoms with van der Waals surface area (Å²) >= 11 is 0. The SMILES string of the molecule is CC(=O)C1CCN(C(=O)[C@@H](C)O)CC1.